The van der Waals surface area contributed by atoms with Crippen LogP contribution in [0.1, 0.15) is 29.1 Å². The Morgan fingerprint density at radius 3 is 2.80 bits per heavy atom. The zero-order valence-corrected chi connectivity index (χ0v) is 14.7. The third kappa shape index (κ3) is 3.28. The fraction of sp³-hybridized carbons (Fsp3) is 0.278. The molecule has 1 saturated heterocycles. The lowest BCUT2D eigenvalue weighted by Gasteiger charge is -2.17. The Hall–Kier alpha value is -2.67. The predicted octanol–water partition coefficient (Wildman–Crippen LogP) is 3.96. The number of carbonyl (C=O) groups excluding carboxylic acids is 1. The highest BCUT2D eigenvalue weighted by Crippen LogP contribution is 2.26. The zero-order chi connectivity index (χ0) is 17.2. The molecule has 0 unspecified atom stereocenters. The van der Waals surface area contributed by atoms with Crippen LogP contribution in [0.25, 0.3) is 10.8 Å². The number of rotatable bonds is 4. The van der Waals surface area contributed by atoms with E-state index < -0.39 is 0 Å². The van der Waals surface area contributed by atoms with Crippen molar-refractivity contribution >= 4 is 28.7 Å². The molecule has 1 aliphatic heterocycles. The monoisotopic (exact) mass is 354 g/mol. The van der Waals surface area contributed by atoms with Gasteiger partial charge in [-0.05, 0) is 43.3 Å². The van der Waals surface area contributed by atoms with Crippen LogP contribution in [0.2, 0.25) is 0 Å². The third-order valence-electron chi connectivity index (χ3n) is 4.20. The van der Waals surface area contributed by atoms with Crippen LogP contribution in [-0.4, -0.2) is 29.0 Å². The van der Waals surface area contributed by atoms with Gasteiger partial charge in [-0.15, -0.1) is 11.3 Å². The highest BCUT2D eigenvalue weighted by atomic mass is 32.1. The molecule has 0 atom stereocenters. The first-order valence-electron chi connectivity index (χ1n) is 8.24. The average molecular weight is 354 g/mol. The Bertz CT molecular complexity index is 865. The van der Waals surface area contributed by atoms with E-state index in [-0.39, 0.29) is 11.6 Å². The summed E-state index contributed by atoms with van der Waals surface area (Å²) in [6, 6.07) is 7.64. The number of aryl methyl sites for hydroxylation is 1. The fourth-order valence-corrected chi connectivity index (χ4v) is 3.56. The number of anilines is 2. The number of oxazole rings is 1. The van der Waals surface area contributed by atoms with Gasteiger partial charge in [0.1, 0.15) is 11.6 Å². The van der Waals surface area contributed by atoms with Crippen LogP contribution >= 0.6 is 11.3 Å². The van der Waals surface area contributed by atoms with E-state index in [1.165, 1.54) is 24.2 Å². The summed E-state index contributed by atoms with van der Waals surface area (Å²) in [6.07, 6.45) is 4.24. The molecule has 128 valence electrons. The van der Waals surface area contributed by atoms with Crippen LogP contribution in [0.5, 0.6) is 0 Å². The largest absolute Gasteiger partial charge is 0.440 e. The van der Waals surface area contributed by atoms with Crippen LogP contribution in [0.3, 0.4) is 0 Å². The quantitative estimate of drug-likeness (QED) is 0.768. The van der Waals surface area contributed by atoms with Gasteiger partial charge in [-0.1, -0.05) is 6.07 Å². The van der Waals surface area contributed by atoms with Crippen molar-refractivity contribution < 1.29 is 9.21 Å². The van der Waals surface area contributed by atoms with Crippen molar-refractivity contribution in [1.82, 2.24) is 9.97 Å². The summed E-state index contributed by atoms with van der Waals surface area (Å²) in [4.78, 5) is 24.3. The van der Waals surface area contributed by atoms with E-state index in [1.807, 2.05) is 29.6 Å². The van der Waals surface area contributed by atoms with E-state index in [0.29, 0.717) is 17.5 Å². The maximum Gasteiger partial charge on any atom is 0.279 e. The van der Waals surface area contributed by atoms with Crippen LogP contribution in [0.15, 0.2) is 40.3 Å². The minimum Gasteiger partial charge on any atom is -0.440 e. The molecule has 1 fully saturated rings. The fourth-order valence-electron chi connectivity index (χ4n) is 2.91. The van der Waals surface area contributed by atoms with Gasteiger partial charge in [-0.25, -0.2) is 9.97 Å². The molecule has 3 aromatic heterocycles. The first kappa shape index (κ1) is 15.8. The van der Waals surface area contributed by atoms with Crippen LogP contribution in [-0.2, 0) is 0 Å². The van der Waals surface area contributed by atoms with Crippen molar-refractivity contribution in [2.75, 3.05) is 23.3 Å². The summed E-state index contributed by atoms with van der Waals surface area (Å²) in [7, 11) is 0. The van der Waals surface area contributed by atoms with Gasteiger partial charge in [0.15, 0.2) is 5.69 Å². The Balaban J connectivity index is 1.48. The molecule has 0 aromatic carbocycles. The third-order valence-corrected chi connectivity index (χ3v) is 5.06. The van der Waals surface area contributed by atoms with Crippen molar-refractivity contribution in [2.24, 2.45) is 0 Å². The van der Waals surface area contributed by atoms with Crippen molar-refractivity contribution in [1.29, 1.82) is 0 Å². The molecule has 25 heavy (non-hydrogen) atoms. The molecule has 0 radical (unpaired) electrons. The van der Waals surface area contributed by atoms with E-state index in [4.69, 9.17) is 4.42 Å². The number of nitrogens with zero attached hydrogens (tertiary/aromatic N) is 3. The van der Waals surface area contributed by atoms with Gasteiger partial charge in [-0.2, -0.15) is 0 Å². The molecule has 1 amide bonds. The Morgan fingerprint density at radius 1 is 1.28 bits per heavy atom. The lowest BCUT2D eigenvalue weighted by molar-refractivity contribution is 0.102. The second-order valence-corrected chi connectivity index (χ2v) is 6.90. The first-order chi connectivity index (χ1) is 12.2. The molecule has 6 nitrogen and oxygen atoms in total. The molecule has 1 N–H and O–H groups in total. The summed E-state index contributed by atoms with van der Waals surface area (Å²) in [5.74, 6) is 1.16. The van der Waals surface area contributed by atoms with E-state index >= 15 is 0 Å². The van der Waals surface area contributed by atoms with Gasteiger partial charge in [0.05, 0.1) is 16.8 Å². The van der Waals surface area contributed by atoms with E-state index in [2.05, 4.69) is 20.2 Å². The smallest absolute Gasteiger partial charge is 0.279 e. The molecular weight excluding hydrogens is 336 g/mol. The molecule has 0 saturated carbocycles. The molecule has 0 bridgehead atoms. The number of pyridine rings is 1. The summed E-state index contributed by atoms with van der Waals surface area (Å²) in [5, 5.41) is 4.73. The lowest BCUT2D eigenvalue weighted by atomic mass is 10.3. The molecule has 4 heterocycles. The second-order valence-electron chi connectivity index (χ2n) is 5.95. The van der Waals surface area contributed by atoms with E-state index in [9.17, 15) is 4.79 Å². The Labute approximate surface area is 149 Å². The van der Waals surface area contributed by atoms with Gasteiger partial charge >= 0.3 is 0 Å². The number of hydrogen-bond acceptors (Lipinski definition) is 6. The Morgan fingerprint density at radius 2 is 2.12 bits per heavy atom. The summed E-state index contributed by atoms with van der Waals surface area (Å²) in [6.45, 7) is 3.87. The zero-order valence-electron chi connectivity index (χ0n) is 13.9. The summed E-state index contributed by atoms with van der Waals surface area (Å²) < 4.78 is 5.62. The highest BCUT2D eigenvalue weighted by molar-refractivity contribution is 7.13. The number of carbonyl (C=O) groups is 1. The molecule has 3 aromatic rings. The van der Waals surface area contributed by atoms with Gasteiger partial charge in [0.2, 0.25) is 5.89 Å². The van der Waals surface area contributed by atoms with Gasteiger partial charge in [0, 0.05) is 13.1 Å². The van der Waals surface area contributed by atoms with Crippen molar-refractivity contribution in [3.05, 3.63) is 47.3 Å². The van der Waals surface area contributed by atoms with Crippen molar-refractivity contribution in [3.8, 4) is 10.8 Å². The topological polar surface area (TPSA) is 71.3 Å². The maximum absolute atomic E-state index is 12.5. The SMILES string of the molecule is Cc1oc(-c2cccs2)nc1C(=O)Nc1ccc(N2CCCC2)cn1. The minimum absolute atomic E-state index is 0.286. The molecule has 1 aliphatic rings. The molecule has 0 spiro atoms. The number of aromatic nitrogens is 2. The summed E-state index contributed by atoms with van der Waals surface area (Å²) >= 11 is 1.52. The maximum atomic E-state index is 12.5. The van der Waals surface area contributed by atoms with Gasteiger partial charge < -0.3 is 14.6 Å². The number of hydrogen-bond donors (Lipinski definition) is 1. The van der Waals surface area contributed by atoms with Gasteiger partial charge in [0.25, 0.3) is 5.91 Å². The summed E-state index contributed by atoms with van der Waals surface area (Å²) in [5.41, 5.74) is 1.38. The van der Waals surface area contributed by atoms with Crippen LogP contribution in [0.4, 0.5) is 11.5 Å². The number of amides is 1. The standard InChI is InChI=1S/C18H18N4O2S/c1-12-16(21-18(24-12)14-5-4-10-25-14)17(23)20-15-7-6-13(11-19-15)22-8-2-3-9-22/h4-7,10-11H,2-3,8-9H2,1H3,(H,19,20,23). The van der Waals surface area contributed by atoms with Gasteiger partial charge in [-0.3, -0.25) is 4.79 Å². The predicted molar refractivity (Wildman–Crippen MR) is 98.2 cm³/mol. The second kappa shape index (κ2) is 6.68. The van der Waals surface area contributed by atoms with E-state index in [1.54, 1.807) is 13.1 Å². The Kier molecular flexibility index (Phi) is 4.23. The molecule has 0 aliphatic carbocycles. The number of thiophene rings is 1. The lowest BCUT2D eigenvalue weighted by Crippen LogP contribution is -2.18. The van der Waals surface area contributed by atoms with Crippen LogP contribution < -0.4 is 10.2 Å². The number of nitrogens with one attached hydrogen (secondary N) is 1. The van der Waals surface area contributed by atoms with Crippen LogP contribution in [0, 0.1) is 6.92 Å². The van der Waals surface area contributed by atoms with Crippen molar-refractivity contribution in [2.45, 2.75) is 19.8 Å². The average Bonchev–Trinajstić information content (AvgIpc) is 3.37. The first-order valence-corrected chi connectivity index (χ1v) is 9.12. The normalized spacial score (nSPS) is 14.0. The van der Waals surface area contributed by atoms with Crippen molar-refractivity contribution in [3.63, 3.8) is 0 Å². The molecule has 7 heteroatoms. The highest BCUT2D eigenvalue weighted by Gasteiger charge is 2.19. The minimum atomic E-state index is -0.314. The molecule has 4 rings (SSSR count). The van der Waals surface area contributed by atoms with E-state index in [0.717, 1.165) is 23.7 Å². The molecular formula is C18H18N4O2S.